The normalized spacial score (nSPS) is 17.9. The molecule has 2 aliphatic carbocycles. The molecule has 10 aromatic carbocycles. The van der Waals surface area contributed by atoms with E-state index in [0.717, 1.165) is 25.7 Å². The Morgan fingerprint density at radius 1 is 0.319 bits per heavy atom. The summed E-state index contributed by atoms with van der Waals surface area (Å²) in [4.78, 5) is 10.8. The Hall–Kier alpha value is -8.55. The standard InChI is InChI=1S/C108H124B2N4S2/c1-63-29-42-84(66(4)49-63)114-86-58-70(101(11,12)13)35-41-83(86)110-94-89(52-65(3)53-90(94)114)113(95-76-59-78-80(61-91(76)115-98(95)110)106(24,25)44-43-105(78,22)23)74-38-32-68(33-39-74)104(20,21)45-47-108(28)48-46-107(26,27)79-60-77-92(62-81(79)108)116-97-96(77)112(73-36-30-67(31-37-73)99(5,6)7)88-51-64(2)50-87-93(88)109(97)82-40-34-69(100(8,9)10)57-85(82)111(87)75-55-71(102(14,15)16)54-72(56-75)103(17,18)19/h29-42,49-62H,43-48H2,1-28H3. The molecule has 116 heavy (non-hydrogen) atoms. The third-order valence-corrected chi connectivity index (χ3v) is 31.3. The number of hydrogen-bond donors (Lipinski definition) is 0. The molecule has 4 aliphatic heterocycles. The summed E-state index contributed by atoms with van der Waals surface area (Å²) >= 11 is 4.13. The van der Waals surface area contributed by atoms with Crippen molar-refractivity contribution >= 4 is 156 Å². The maximum atomic E-state index is 2.73. The third kappa shape index (κ3) is 12.5. The van der Waals surface area contributed by atoms with Gasteiger partial charge in [0.25, 0.3) is 13.4 Å². The Kier molecular flexibility index (Phi) is 17.6. The number of hydrogen-bond acceptors (Lipinski definition) is 6. The maximum Gasteiger partial charge on any atom is 0.264 e. The predicted octanol–water partition coefficient (Wildman–Crippen LogP) is 27.4. The lowest BCUT2D eigenvalue weighted by molar-refractivity contribution is 0.272. The van der Waals surface area contributed by atoms with Crippen LogP contribution in [-0.2, 0) is 54.1 Å². The highest BCUT2D eigenvalue weighted by atomic mass is 32.1. The first kappa shape index (κ1) is 78.6. The molecule has 12 aromatic rings. The van der Waals surface area contributed by atoms with E-state index in [1.54, 1.807) is 5.56 Å². The molecule has 0 bridgehead atoms. The van der Waals surface area contributed by atoms with Gasteiger partial charge < -0.3 is 19.6 Å². The first-order valence-corrected chi connectivity index (χ1v) is 45.2. The molecule has 1 atom stereocenters. The molecule has 594 valence electrons. The highest BCUT2D eigenvalue weighted by Crippen LogP contribution is 2.58. The number of benzene rings is 10. The second kappa shape index (κ2) is 26.0. The van der Waals surface area contributed by atoms with E-state index >= 15 is 0 Å². The zero-order valence-corrected chi connectivity index (χ0v) is 76.8. The largest absolute Gasteiger partial charge is 0.311 e. The number of aryl methyl sites for hydroxylation is 4. The fourth-order valence-corrected chi connectivity index (χ4v) is 23.8. The molecular formula is C108H124B2N4S2. The van der Waals surface area contributed by atoms with Crippen molar-refractivity contribution in [3.8, 4) is 0 Å². The van der Waals surface area contributed by atoms with Gasteiger partial charge in [-0.2, -0.15) is 0 Å². The fourth-order valence-electron chi connectivity index (χ4n) is 21.1. The van der Waals surface area contributed by atoms with Gasteiger partial charge in [0, 0.05) is 86.6 Å². The summed E-state index contributed by atoms with van der Waals surface area (Å²) in [5.41, 5.74) is 40.0. The predicted molar refractivity (Wildman–Crippen MR) is 511 cm³/mol. The molecule has 6 heterocycles. The van der Waals surface area contributed by atoms with Crippen molar-refractivity contribution in [2.24, 2.45) is 0 Å². The smallest absolute Gasteiger partial charge is 0.264 e. The highest BCUT2D eigenvalue weighted by Gasteiger charge is 2.51. The van der Waals surface area contributed by atoms with Crippen LogP contribution in [0.15, 0.2) is 170 Å². The van der Waals surface area contributed by atoms with Gasteiger partial charge in [-0.25, -0.2) is 0 Å². The van der Waals surface area contributed by atoms with Crippen LogP contribution in [0.2, 0.25) is 0 Å². The summed E-state index contributed by atoms with van der Waals surface area (Å²) in [6.07, 6.45) is 6.76. The zero-order chi connectivity index (χ0) is 82.7. The van der Waals surface area contributed by atoms with Crippen molar-refractivity contribution < 1.29 is 0 Å². The minimum absolute atomic E-state index is 0.00855. The minimum Gasteiger partial charge on any atom is -0.311 e. The summed E-state index contributed by atoms with van der Waals surface area (Å²) in [5.74, 6) is 0. The van der Waals surface area contributed by atoms with Crippen LogP contribution in [0.4, 0.5) is 68.2 Å². The SMILES string of the molecule is Cc1ccc(N2c3cc(C(C)(C)C)ccc3B3c4sc5cc6c(cc5c4N(c4ccc(C(C)(C)CCC5(C)CCC(C)(C)c7cc8c9c(sc8cc75)B5c7ccc(C(C)(C)C)cc7N(c7cc(C(C)(C)C)cc(C(C)(C)C)c7)c7cc(C)cc(c75)N9c5ccc(C(C)(C)C)cc5)cc4)c4cc(C)cc2c43)C(C)(C)CCC6(C)C)c(C)c1. The van der Waals surface area contributed by atoms with Crippen molar-refractivity contribution in [3.63, 3.8) is 0 Å². The lowest BCUT2D eigenvalue weighted by Crippen LogP contribution is -2.60. The van der Waals surface area contributed by atoms with Crippen molar-refractivity contribution in [1.29, 1.82) is 0 Å². The van der Waals surface area contributed by atoms with E-state index in [1.165, 1.54) is 205 Å². The molecule has 18 rings (SSSR count). The van der Waals surface area contributed by atoms with Gasteiger partial charge in [0.05, 0.1) is 11.4 Å². The number of nitrogens with zero attached hydrogens (tertiary/aromatic N) is 4. The topological polar surface area (TPSA) is 13.0 Å². The molecule has 0 saturated heterocycles. The van der Waals surface area contributed by atoms with Crippen LogP contribution in [0, 0.1) is 27.7 Å². The van der Waals surface area contributed by atoms with Gasteiger partial charge in [0.15, 0.2) is 0 Å². The monoisotopic (exact) mass is 1560 g/mol. The van der Waals surface area contributed by atoms with Crippen LogP contribution in [0.25, 0.3) is 20.2 Å². The van der Waals surface area contributed by atoms with Crippen molar-refractivity contribution in [3.05, 3.63) is 248 Å². The van der Waals surface area contributed by atoms with Gasteiger partial charge in [0.2, 0.25) is 0 Å². The molecule has 0 amide bonds. The van der Waals surface area contributed by atoms with Gasteiger partial charge in [-0.1, -0.05) is 238 Å². The fraction of sp³-hybridized carbons (Fsp3) is 0.407. The molecule has 2 aromatic heterocycles. The van der Waals surface area contributed by atoms with Gasteiger partial charge in [-0.3, -0.25) is 0 Å². The molecule has 4 nitrogen and oxygen atoms in total. The Morgan fingerprint density at radius 3 is 1.16 bits per heavy atom. The van der Waals surface area contributed by atoms with E-state index in [2.05, 4.69) is 406 Å². The van der Waals surface area contributed by atoms with E-state index < -0.39 is 0 Å². The zero-order valence-electron chi connectivity index (χ0n) is 75.2. The maximum absolute atomic E-state index is 2.73. The van der Waals surface area contributed by atoms with Crippen LogP contribution >= 0.6 is 22.7 Å². The molecule has 0 fully saturated rings. The number of thiophene rings is 2. The van der Waals surface area contributed by atoms with Crippen molar-refractivity contribution in [2.45, 2.75) is 287 Å². The Bertz CT molecular complexity index is 6060. The number of rotatable bonds is 8. The lowest BCUT2D eigenvalue weighted by atomic mass is 9.36. The van der Waals surface area contributed by atoms with Crippen molar-refractivity contribution in [2.75, 3.05) is 19.6 Å². The van der Waals surface area contributed by atoms with Gasteiger partial charge in [-0.05, 0) is 318 Å². The second-order valence-corrected chi connectivity index (χ2v) is 46.8. The quantitative estimate of drug-likeness (QED) is 0.141. The van der Waals surface area contributed by atoms with E-state index in [4.69, 9.17) is 0 Å². The van der Waals surface area contributed by atoms with Gasteiger partial charge in [0.1, 0.15) is 0 Å². The first-order chi connectivity index (χ1) is 54.1. The average molecular weight is 1560 g/mol. The van der Waals surface area contributed by atoms with Crippen LogP contribution < -0.4 is 51.0 Å². The number of fused-ring (bicyclic) bond motifs is 14. The molecule has 8 heteroatoms. The van der Waals surface area contributed by atoms with Gasteiger partial charge in [-0.15, -0.1) is 22.7 Å². The Balaban J connectivity index is 0.760. The van der Waals surface area contributed by atoms with Crippen LogP contribution in [0.3, 0.4) is 0 Å². The average Bonchev–Trinajstić information content (AvgIpc) is 1.43. The molecule has 0 N–H and O–H groups in total. The van der Waals surface area contributed by atoms with E-state index in [9.17, 15) is 0 Å². The summed E-state index contributed by atoms with van der Waals surface area (Å²) in [7, 11) is 0. The van der Waals surface area contributed by atoms with Crippen LogP contribution in [0.5, 0.6) is 0 Å². The first-order valence-electron chi connectivity index (χ1n) is 43.6. The number of anilines is 12. The van der Waals surface area contributed by atoms with E-state index in [0.29, 0.717) is 0 Å². The highest BCUT2D eigenvalue weighted by molar-refractivity contribution is 7.34. The molecule has 0 saturated carbocycles. The molecular weight excluding hydrogens is 1440 g/mol. The molecule has 0 radical (unpaired) electrons. The Labute approximate surface area is 704 Å². The molecule has 0 spiro atoms. The van der Waals surface area contributed by atoms with Crippen LogP contribution in [-0.4, -0.2) is 13.4 Å². The molecule has 6 aliphatic rings. The molecule has 1 unspecified atom stereocenters. The van der Waals surface area contributed by atoms with Gasteiger partial charge >= 0.3 is 0 Å². The van der Waals surface area contributed by atoms with E-state index in [-0.39, 0.29) is 67.6 Å². The van der Waals surface area contributed by atoms with Crippen molar-refractivity contribution in [1.82, 2.24) is 0 Å². The summed E-state index contributed by atoms with van der Waals surface area (Å²) in [6.45, 7) is 67.6. The van der Waals surface area contributed by atoms with E-state index in [1.807, 2.05) is 0 Å². The summed E-state index contributed by atoms with van der Waals surface area (Å²) in [5, 5.41) is 2.76. The summed E-state index contributed by atoms with van der Waals surface area (Å²) in [6, 6.07) is 70.2. The Morgan fingerprint density at radius 2 is 0.707 bits per heavy atom. The second-order valence-electron chi connectivity index (χ2n) is 44.6. The van der Waals surface area contributed by atoms with Crippen LogP contribution in [0.1, 0.15) is 283 Å². The summed E-state index contributed by atoms with van der Waals surface area (Å²) < 4.78 is 5.67. The third-order valence-electron chi connectivity index (χ3n) is 28.8. The lowest BCUT2D eigenvalue weighted by Gasteiger charge is -2.45. The minimum atomic E-state index is -0.127.